The molecule has 0 aromatic carbocycles. The molecule has 0 bridgehead atoms. The highest BCUT2D eigenvalue weighted by atomic mass is 15.2. The van der Waals surface area contributed by atoms with Gasteiger partial charge < -0.3 is 10.2 Å². The summed E-state index contributed by atoms with van der Waals surface area (Å²) in [5, 5.41) is 3.17. The highest BCUT2D eigenvalue weighted by molar-refractivity contribution is 5.42. The fourth-order valence-electron chi connectivity index (χ4n) is 2.23. The molecule has 1 aromatic rings. The van der Waals surface area contributed by atoms with Crippen molar-refractivity contribution in [3.05, 3.63) is 23.4 Å². The van der Waals surface area contributed by atoms with Crippen LogP contribution in [0.2, 0.25) is 0 Å². The van der Waals surface area contributed by atoms with Gasteiger partial charge in [-0.3, -0.25) is 0 Å². The Balaban J connectivity index is 1.98. The summed E-state index contributed by atoms with van der Waals surface area (Å²) in [5.74, 6) is 1.12. The van der Waals surface area contributed by atoms with E-state index < -0.39 is 0 Å². The summed E-state index contributed by atoms with van der Waals surface area (Å²) < 4.78 is 0. The molecule has 3 heteroatoms. The number of hydrogen-bond acceptors (Lipinski definition) is 3. The summed E-state index contributed by atoms with van der Waals surface area (Å²) in [7, 11) is 4.12. The molecule has 3 nitrogen and oxygen atoms in total. The summed E-state index contributed by atoms with van der Waals surface area (Å²) in [6.07, 6.45) is 4.81. The zero-order valence-electron chi connectivity index (χ0n) is 10.3. The average molecular weight is 219 g/mol. The van der Waals surface area contributed by atoms with Crippen molar-refractivity contribution in [1.82, 2.24) is 10.3 Å². The quantitative estimate of drug-likeness (QED) is 0.763. The molecule has 16 heavy (non-hydrogen) atoms. The largest absolute Gasteiger partial charge is 0.360 e. The van der Waals surface area contributed by atoms with Gasteiger partial charge >= 0.3 is 0 Å². The van der Waals surface area contributed by atoms with E-state index >= 15 is 0 Å². The molecule has 0 saturated carbocycles. The molecule has 1 aliphatic carbocycles. The van der Waals surface area contributed by atoms with Gasteiger partial charge in [-0.15, -0.1) is 0 Å². The number of fused-ring (bicyclic) bond motifs is 1. The van der Waals surface area contributed by atoms with E-state index in [1.54, 1.807) is 0 Å². The Bertz CT molecular complexity index is 349. The van der Waals surface area contributed by atoms with Crippen molar-refractivity contribution >= 4 is 5.82 Å². The van der Waals surface area contributed by atoms with Crippen molar-refractivity contribution in [2.24, 2.45) is 0 Å². The second kappa shape index (κ2) is 5.30. The first-order valence-electron chi connectivity index (χ1n) is 6.16. The van der Waals surface area contributed by atoms with E-state index in [0.717, 1.165) is 31.7 Å². The van der Waals surface area contributed by atoms with Crippen molar-refractivity contribution in [3.8, 4) is 0 Å². The number of pyridine rings is 1. The first-order chi connectivity index (χ1) is 7.81. The van der Waals surface area contributed by atoms with Crippen LogP contribution in [0.5, 0.6) is 0 Å². The van der Waals surface area contributed by atoms with Crippen LogP contribution in [0.4, 0.5) is 5.82 Å². The van der Waals surface area contributed by atoms with Crippen molar-refractivity contribution < 1.29 is 0 Å². The van der Waals surface area contributed by atoms with Gasteiger partial charge in [0, 0.05) is 19.3 Å². The van der Waals surface area contributed by atoms with Gasteiger partial charge in [0.2, 0.25) is 0 Å². The third kappa shape index (κ3) is 2.53. The average Bonchev–Trinajstić information content (AvgIpc) is 2.76. The summed E-state index contributed by atoms with van der Waals surface area (Å²) >= 11 is 0. The molecule has 0 aliphatic heterocycles. The predicted molar refractivity (Wildman–Crippen MR) is 68.1 cm³/mol. The van der Waals surface area contributed by atoms with Crippen LogP contribution in [-0.4, -0.2) is 32.2 Å². The van der Waals surface area contributed by atoms with Crippen molar-refractivity contribution in [1.29, 1.82) is 0 Å². The minimum absolute atomic E-state index is 1.06. The fraction of sp³-hybridized carbons (Fsp3) is 0.615. The predicted octanol–water partition coefficient (Wildman–Crippen LogP) is 1.62. The third-order valence-electron chi connectivity index (χ3n) is 3.22. The maximum atomic E-state index is 4.74. The molecular weight excluding hydrogens is 198 g/mol. The molecular formula is C13H21N3. The van der Waals surface area contributed by atoms with Crippen molar-refractivity contribution in [2.75, 3.05) is 32.1 Å². The number of aromatic nitrogens is 1. The normalized spacial score (nSPS) is 13.9. The summed E-state index contributed by atoms with van der Waals surface area (Å²) in [6, 6.07) is 4.41. The Morgan fingerprint density at radius 1 is 1.38 bits per heavy atom. The SMILES string of the molecule is CNCCCN(C)c1ccc2c(n1)CCC2. The summed E-state index contributed by atoms with van der Waals surface area (Å²) in [5.41, 5.74) is 2.77. The van der Waals surface area contributed by atoms with E-state index in [0.29, 0.717) is 0 Å². The van der Waals surface area contributed by atoms with Crippen molar-refractivity contribution in [3.63, 3.8) is 0 Å². The van der Waals surface area contributed by atoms with Gasteiger partial charge in [-0.25, -0.2) is 4.98 Å². The van der Waals surface area contributed by atoms with Gasteiger partial charge in [-0.1, -0.05) is 6.07 Å². The summed E-state index contributed by atoms with van der Waals surface area (Å²) in [6.45, 7) is 2.13. The monoisotopic (exact) mass is 219 g/mol. The maximum absolute atomic E-state index is 4.74. The van der Waals surface area contributed by atoms with E-state index in [1.165, 1.54) is 24.1 Å². The Morgan fingerprint density at radius 3 is 3.06 bits per heavy atom. The molecule has 0 fully saturated rings. The van der Waals surface area contributed by atoms with Crippen LogP contribution >= 0.6 is 0 Å². The lowest BCUT2D eigenvalue weighted by atomic mass is 10.2. The molecule has 0 saturated heterocycles. The second-order valence-electron chi connectivity index (χ2n) is 4.51. The molecule has 1 heterocycles. The molecule has 0 radical (unpaired) electrons. The zero-order chi connectivity index (χ0) is 11.4. The van der Waals surface area contributed by atoms with Crippen LogP contribution in [0, 0.1) is 0 Å². The first kappa shape index (κ1) is 11.4. The highest BCUT2D eigenvalue weighted by Crippen LogP contribution is 2.22. The van der Waals surface area contributed by atoms with Crippen LogP contribution in [0.25, 0.3) is 0 Å². The minimum Gasteiger partial charge on any atom is -0.360 e. The van der Waals surface area contributed by atoms with Gasteiger partial charge in [0.1, 0.15) is 5.82 Å². The Morgan fingerprint density at radius 2 is 2.25 bits per heavy atom. The van der Waals surface area contributed by atoms with Gasteiger partial charge in [0.15, 0.2) is 0 Å². The van der Waals surface area contributed by atoms with E-state index in [-0.39, 0.29) is 0 Å². The number of nitrogens with zero attached hydrogens (tertiary/aromatic N) is 2. The molecule has 1 N–H and O–H groups in total. The molecule has 2 rings (SSSR count). The van der Waals surface area contributed by atoms with Crippen LogP contribution < -0.4 is 10.2 Å². The Kier molecular flexibility index (Phi) is 3.78. The van der Waals surface area contributed by atoms with Crippen LogP contribution in [0.3, 0.4) is 0 Å². The lowest BCUT2D eigenvalue weighted by Gasteiger charge is -2.18. The van der Waals surface area contributed by atoms with E-state index in [2.05, 4.69) is 29.4 Å². The van der Waals surface area contributed by atoms with Crippen LogP contribution in [0.1, 0.15) is 24.1 Å². The summed E-state index contributed by atoms with van der Waals surface area (Å²) in [4.78, 5) is 6.98. The van der Waals surface area contributed by atoms with E-state index in [4.69, 9.17) is 4.98 Å². The van der Waals surface area contributed by atoms with Gasteiger partial charge in [-0.2, -0.15) is 0 Å². The number of hydrogen-bond donors (Lipinski definition) is 1. The van der Waals surface area contributed by atoms with Crippen molar-refractivity contribution in [2.45, 2.75) is 25.7 Å². The third-order valence-corrected chi connectivity index (χ3v) is 3.22. The molecule has 0 unspecified atom stereocenters. The van der Waals surface area contributed by atoms with E-state index in [9.17, 15) is 0 Å². The molecule has 1 aromatic heterocycles. The highest BCUT2D eigenvalue weighted by Gasteiger charge is 2.13. The topological polar surface area (TPSA) is 28.2 Å². The number of nitrogens with one attached hydrogen (secondary N) is 1. The van der Waals surface area contributed by atoms with Gasteiger partial charge in [0.25, 0.3) is 0 Å². The molecule has 0 amide bonds. The molecule has 88 valence electrons. The molecule has 0 spiro atoms. The second-order valence-corrected chi connectivity index (χ2v) is 4.51. The Labute approximate surface area is 97.9 Å². The van der Waals surface area contributed by atoms with Gasteiger partial charge in [0.05, 0.1) is 0 Å². The van der Waals surface area contributed by atoms with Gasteiger partial charge in [-0.05, 0) is 50.9 Å². The zero-order valence-corrected chi connectivity index (χ0v) is 10.3. The maximum Gasteiger partial charge on any atom is 0.128 e. The van der Waals surface area contributed by atoms with Crippen LogP contribution in [0.15, 0.2) is 12.1 Å². The lowest BCUT2D eigenvalue weighted by molar-refractivity contribution is 0.708. The van der Waals surface area contributed by atoms with E-state index in [1.807, 2.05) is 7.05 Å². The molecule has 1 aliphatic rings. The lowest BCUT2D eigenvalue weighted by Crippen LogP contribution is -2.23. The minimum atomic E-state index is 1.06. The number of aryl methyl sites for hydroxylation is 2. The number of rotatable bonds is 5. The smallest absolute Gasteiger partial charge is 0.128 e. The number of anilines is 1. The standard InChI is InChI=1S/C13H21N3/c1-14-9-4-10-16(2)13-8-7-11-5-3-6-12(11)15-13/h7-8,14H,3-6,9-10H2,1-2H3. The fourth-order valence-corrected chi connectivity index (χ4v) is 2.23. The van der Waals surface area contributed by atoms with Crippen LogP contribution in [-0.2, 0) is 12.8 Å². The Hall–Kier alpha value is -1.09. The first-order valence-corrected chi connectivity index (χ1v) is 6.16. The molecule has 0 atom stereocenters.